The summed E-state index contributed by atoms with van der Waals surface area (Å²) in [6, 6.07) is 6.43. The highest BCUT2D eigenvalue weighted by molar-refractivity contribution is 5.31. The van der Waals surface area contributed by atoms with E-state index >= 15 is 0 Å². The Morgan fingerprint density at radius 3 is 2.82 bits per heavy atom. The first kappa shape index (κ1) is 11.9. The molecule has 0 radical (unpaired) electrons. The van der Waals surface area contributed by atoms with Gasteiger partial charge in [0.05, 0.1) is 0 Å². The Morgan fingerprint density at radius 1 is 1.35 bits per heavy atom. The van der Waals surface area contributed by atoms with E-state index in [2.05, 4.69) is 41.6 Å². The molecule has 0 saturated heterocycles. The highest BCUT2D eigenvalue weighted by Crippen LogP contribution is 2.13. The van der Waals surface area contributed by atoms with Crippen molar-refractivity contribution >= 4 is 0 Å². The van der Waals surface area contributed by atoms with Crippen LogP contribution in [0, 0.1) is 6.92 Å². The third-order valence-corrected chi connectivity index (χ3v) is 3.10. The smallest absolute Gasteiger partial charge is 0.108 e. The first-order valence-corrected chi connectivity index (χ1v) is 6.03. The van der Waals surface area contributed by atoms with Crippen LogP contribution in [0.3, 0.4) is 0 Å². The fourth-order valence-electron chi connectivity index (χ4n) is 2.04. The van der Waals surface area contributed by atoms with Crippen molar-refractivity contribution in [3.05, 3.63) is 53.1 Å². The standard InChI is InChI=1S/C14H19N3/c1-3-14-16-6-7-17(14)10-13-5-4-12(9-15)8-11(13)2/h4-8H,3,9-10,15H2,1-2H3. The molecule has 90 valence electrons. The fourth-order valence-corrected chi connectivity index (χ4v) is 2.04. The largest absolute Gasteiger partial charge is 0.331 e. The number of hydrogen-bond acceptors (Lipinski definition) is 2. The van der Waals surface area contributed by atoms with Crippen LogP contribution in [0.2, 0.25) is 0 Å². The number of imidazole rings is 1. The lowest BCUT2D eigenvalue weighted by Gasteiger charge is -2.10. The molecular weight excluding hydrogens is 210 g/mol. The Bertz CT molecular complexity index is 500. The SMILES string of the molecule is CCc1nccn1Cc1ccc(CN)cc1C. The quantitative estimate of drug-likeness (QED) is 0.874. The van der Waals surface area contributed by atoms with Crippen LogP contribution < -0.4 is 5.73 Å². The topological polar surface area (TPSA) is 43.8 Å². The van der Waals surface area contributed by atoms with E-state index in [1.54, 1.807) is 0 Å². The number of aromatic nitrogens is 2. The second-order valence-corrected chi connectivity index (χ2v) is 4.29. The zero-order chi connectivity index (χ0) is 12.3. The van der Waals surface area contributed by atoms with Crippen molar-refractivity contribution in [1.82, 2.24) is 9.55 Å². The second kappa shape index (κ2) is 5.15. The van der Waals surface area contributed by atoms with Gasteiger partial charge in [0, 0.05) is 31.9 Å². The molecule has 0 unspecified atom stereocenters. The van der Waals surface area contributed by atoms with Crippen LogP contribution in [0.25, 0.3) is 0 Å². The van der Waals surface area contributed by atoms with Crippen LogP contribution in [0.4, 0.5) is 0 Å². The van der Waals surface area contributed by atoms with E-state index < -0.39 is 0 Å². The molecule has 0 aliphatic rings. The molecule has 0 bridgehead atoms. The first-order chi connectivity index (χ1) is 8.24. The van der Waals surface area contributed by atoms with Gasteiger partial charge in [0.25, 0.3) is 0 Å². The van der Waals surface area contributed by atoms with E-state index in [4.69, 9.17) is 5.73 Å². The Hall–Kier alpha value is -1.61. The molecule has 0 atom stereocenters. The molecule has 0 saturated carbocycles. The van der Waals surface area contributed by atoms with Gasteiger partial charge in [-0.05, 0) is 23.6 Å². The summed E-state index contributed by atoms with van der Waals surface area (Å²) in [4.78, 5) is 4.34. The van der Waals surface area contributed by atoms with Gasteiger partial charge in [0.2, 0.25) is 0 Å². The molecule has 3 nitrogen and oxygen atoms in total. The number of benzene rings is 1. The fraction of sp³-hybridized carbons (Fsp3) is 0.357. The van der Waals surface area contributed by atoms with Gasteiger partial charge in [0.1, 0.15) is 5.82 Å². The van der Waals surface area contributed by atoms with Gasteiger partial charge in [-0.15, -0.1) is 0 Å². The van der Waals surface area contributed by atoms with E-state index in [-0.39, 0.29) is 0 Å². The minimum absolute atomic E-state index is 0.604. The Labute approximate surface area is 102 Å². The van der Waals surface area contributed by atoms with Crippen molar-refractivity contribution in [2.24, 2.45) is 5.73 Å². The van der Waals surface area contributed by atoms with Gasteiger partial charge in [-0.2, -0.15) is 0 Å². The maximum absolute atomic E-state index is 5.64. The van der Waals surface area contributed by atoms with Crippen LogP contribution in [0.15, 0.2) is 30.6 Å². The van der Waals surface area contributed by atoms with Crippen molar-refractivity contribution in [1.29, 1.82) is 0 Å². The molecule has 0 aliphatic carbocycles. The Kier molecular flexibility index (Phi) is 3.59. The minimum Gasteiger partial charge on any atom is -0.331 e. The van der Waals surface area contributed by atoms with Gasteiger partial charge < -0.3 is 10.3 Å². The predicted molar refractivity (Wildman–Crippen MR) is 69.8 cm³/mol. The summed E-state index contributed by atoms with van der Waals surface area (Å²) in [7, 11) is 0. The molecule has 3 heteroatoms. The number of nitrogens with zero attached hydrogens (tertiary/aromatic N) is 2. The number of hydrogen-bond donors (Lipinski definition) is 1. The molecular formula is C14H19N3. The summed E-state index contributed by atoms with van der Waals surface area (Å²) in [6.45, 7) is 5.76. The molecule has 2 rings (SSSR count). The van der Waals surface area contributed by atoms with E-state index in [0.717, 1.165) is 18.8 Å². The highest BCUT2D eigenvalue weighted by atomic mass is 15.1. The number of aryl methyl sites for hydroxylation is 2. The van der Waals surface area contributed by atoms with Crippen LogP contribution in [-0.4, -0.2) is 9.55 Å². The molecule has 0 fully saturated rings. The molecule has 2 N–H and O–H groups in total. The van der Waals surface area contributed by atoms with Crippen LogP contribution in [0.5, 0.6) is 0 Å². The Balaban J connectivity index is 2.24. The second-order valence-electron chi connectivity index (χ2n) is 4.29. The van der Waals surface area contributed by atoms with Crippen LogP contribution in [0.1, 0.15) is 29.4 Å². The van der Waals surface area contributed by atoms with Gasteiger partial charge in [-0.3, -0.25) is 0 Å². The van der Waals surface area contributed by atoms with Crippen molar-refractivity contribution in [3.8, 4) is 0 Å². The summed E-state index contributed by atoms with van der Waals surface area (Å²) >= 11 is 0. The normalized spacial score (nSPS) is 10.8. The summed E-state index contributed by atoms with van der Waals surface area (Å²) in [5.41, 5.74) is 9.45. The number of rotatable bonds is 4. The van der Waals surface area contributed by atoms with Gasteiger partial charge in [-0.1, -0.05) is 25.1 Å². The zero-order valence-electron chi connectivity index (χ0n) is 10.5. The third-order valence-electron chi connectivity index (χ3n) is 3.10. The minimum atomic E-state index is 0.604. The molecule has 17 heavy (non-hydrogen) atoms. The van der Waals surface area contributed by atoms with Gasteiger partial charge >= 0.3 is 0 Å². The highest BCUT2D eigenvalue weighted by Gasteiger charge is 2.04. The lowest BCUT2D eigenvalue weighted by atomic mass is 10.1. The average molecular weight is 229 g/mol. The van der Waals surface area contributed by atoms with Gasteiger partial charge in [-0.25, -0.2) is 4.98 Å². The monoisotopic (exact) mass is 229 g/mol. The lowest BCUT2D eigenvalue weighted by Crippen LogP contribution is -2.05. The summed E-state index contributed by atoms with van der Waals surface area (Å²) in [5, 5.41) is 0. The van der Waals surface area contributed by atoms with Crippen LogP contribution >= 0.6 is 0 Å². The van der Waals surface area contributed by atoms with Crippen molar-refractivity contribution in [2.45, 2.75) is 33.4 Å². The van der Waals surface area contributed by atoms with Crippen molar-refractivity contribution < 1.29 is 0 Å². The zero-order valence-corrected chi connectivity index (χ0v) is 10.5. The summed E-state index contributed by atoms with van der Waals surface area (Å²) in [5.74, 6) is 1.13. The summed E-state index contributed by atoms with van der Waals surface area (Å²) in [6.07, 6.45) is 4.87. The first-order valence-electron chi connectivity index (χ1n) is 6.03. The summed E-state index contributed by atoms with van der Waals surface area (Å²) < 4.78 is 2.20. The molecule has 1 aromatic carbocycles. The molecule has 1 aromatic heterocycles. The predicted octanol–water partition coefficient (Wildman–Crippen LogP) is 2.26. The molecule has 0 aliphatic heterocycles. The van der Waals surface area contributed by atoms with Crippen molar-refractivity contribution in [2.75, 3.05) is 0 Å². The maximum Gasteiger partial charge on any atom is 0.108 e. The van der Waals surface area contributed by atoms with Gasteiger partial charge in [0.15, 0.2) is 0 Å². The van der Waals surface area contributed by atoms with E-state index in [9.17, 15) is 0 Å². The Morgan fingerprint density at radius 2 is 2.18 bits per heavy atom. The lowest BCUT2D eigenvalue weighted by molar-refractivity contribution is 0.728. The van der Waals surface area contributed by atoms with Crippen LogP contribution in [-0.2, 0) is 19.5 Å². The molecule has 1 heterocycles. The van der Waals surface area contributed by atoms with E-state index in [0.29, 0.717) is 6.54 Å². The average Bonchev–Trinajstić information content (AvgIpc) is 2.79. The molecule has 0 amide bonds. The third kappa shape index (κ3) is 2.56. The maximum atomic E-state index is 5.64. The van der Waals surface area contributed by atoms with Crippen molar-refractivity contribution in [3.63, 3.8) is 0 Å². The van der Waals surface area contributed by atoms with E-state index in [1.165, 1.54) is 16.7 Å². The molecule has 0 spiro atoms. The molecule has 2 aromatic rings. The van der Waals surface area contributed by atoms with E-state index in [1.807, 2.05) is 12.4 Å². The number of nitrogens with two attached hydrogens (primary N) is 1.